The molecule has 0 radical (unpaired) electrons. The molecule has 1 atom stereocenters. The molecule has 1 heterocycles. The monoisotopic (exact) mass is 233 g/mol. The Hall–Kier alpha value is -0.920. The predicted molar refractivity (Wildman–Crippen MR) is 54.7 cm³/mol. The highest BCUT2D eigenvalue weighted by atomic mass is 32.2. The molecular weight excluding hydrogens is 218 g/mol. The minimum atomic E-state index is -3.53. The van der Waals surface area contributed by atoms with Crippen molar-refractivity contribution in [1.82, 2.24) is 14.3 Å². The van der Waals surface area contributed by atoms with E-state index in [4.69, 9.17) is 5.11 Å². The molecule has 1 unspecified atom stereocenters. The van der Waals surface area contributed by atoms with Crippen molar-refractivity contribution in [2.45, 2.75) is 24.5 Å². The molecule has 1 aromatic rings. The lowest BCUT2D eigenvalue weighted by Gasteiger charge is -2.05. The Morgan fingerprint density at radius 3 is 2.80 bits per heavy atom. The Labute approximate surface area is 89.0 Å². The van der Waals surface area contributed by atoms with Crippen molar-refractivity contribution < 1.29 is 13.5 Å². The van der Waals surface area contributed by atoms with E-state index in [1.807, 2.05) is 0 Å². The summed E-state index contributed by atoms with van der Waals surface area (Å²) in [7, 11) is -1.83. The van der Waals surface area contributed by atoms with Crippen molar-refractivity contribution in [3.8, 4) is 0 Å². The normalized spacial score (nSPS) is 14.1. The van der Waals surface area contributed by atoms with Gasteiger partial charge in [-0.25, -0.2) is 18.1 Å². The molecule has 1 rings (SSSR count). The third-order valence-corrected chi connectivity index (χ3v) is 3.16. The van der Waals surface area contributed by atoms with Gasteiger partial charge in [0, 0.05) is 19.8 Å². The molecule has 1 aromatic heterocycles. The second-order valence-corrected chi connectivity index (χ2v) is 5.13. The molecule has 0 aliphatic rings. The zero-order chi connectivity index (χ0) is 11.5. The summed E-state index contributed by atoms with van der Waals surface area (Å²) in [6.07, 6.45) is 2.71. The fraction of sp³-hybridized carbons (Fsp3) is 0.625. The Balaban J connectivity index is 2.60. The van der Waals surface area contributed by atoms with Gasteiger partial charge in [-0.2, -0.15) is 0 Å². The van der Waals surface area contributed by atoms with Crippen LogP contribution in [0.4, 0.5) is 0 Å². The van der Waals surface area contributed by atoms with Gasteiger partial charge < -0.3 is 9.67 Å². The van der Waals surface area contributed by atoms with E-state index >= 15 is 0 Å². The topological polar surface area (TPSA) is 84.2 Å². The van der Waals surface area contributed by atoms with Gasteiger partial charge in [-0.3, -0.25) is 0 Å². The van der Waals surface area contributed by atoms with Gasteiger partial charge in [0.1, 0.15) is 0 Å². The van der Waals surface area contributed by atoms with Gasteiger partial charge in [-0.1, -0.05) is 0 Å². The van der Waals surface area contributed by atoms with Gasteiger partial charge in [-0.05, 0) is 13.3 Å². The number of aromatic nitrogens is 2. The standard InChI is InChI=1S/C8H15N3O3S/c1-7(12)3-4-10-15(13,14)8-5-11(2)6-9-8/h5-7,10,12H,3-4H2,1-2H3. The molecule has 0 bridgehead atoms. The van der Waals surface area contributed by atoms with Crippen LogP contribution in [0.25, 0.3) is 0 Å². The molecule has 2 N–H and O–H groups in total. The molecule has 0 aromatic carbocycles. The molecular formula is C8H15N3O3S. The lowest BCUT2D eigenvalue weighted by Crippen LogP contribution is -2.27. The number of sulfonamides is 1. The highest BCUT2D eigenvalue weighted by Gasteiger charge is 2.16. The summed E-state index contributed by atoms with van der Waals surface area (Å²) in [6, 6.07) is 0. The van der Waals surface area contributed by atoms with E-state index in [0.717, 1.165) is 0 Å². The first-order chi connectivity index (χ1) is 6.92. The van der Waals surface area contributed by atoms with Crippen LogP contribution in [-0.4, -0.2) is 35.7 Å². The minimum Gasteiger partial charge on any atom is -0.393 e. The van der Waals surface area contributed by atoms with Crippen molar-refractivity contribution in [3.05, 3.63) is 12.5 Å². The van der Waals surface area contributed by atoms with E-state index in [1.165, 1.54) is 12.5 Å². The summed E-state index contributed by atoms with van der Waals surface area (Å²) in [5, 5.41) is 8.97. The SMILES string of the molecule is CC(O)CCNS(=O)(=O)c1cn(C)cn1. The van der Waals surface area contributed by atoms with E-state index in [1.54, 1.807) is 18.5 Å². The van der Waals surface area contributed by atoms with Gasteiger partial charge in [-0.15, -0.1) is 0 Å². The Kier molecular flexibility index (Phi) is 3.83. The summed E-state index contributed by atoms with van der Waals surface area (Å²) in [5.74, 6) is 0. The Morgan fingerprint density at radius 2 is 2.33 bits per heavy atom. The first-order valence-electron chi connectivity index (χ1n) is 4.57. The third-order valence-electron chi connectivity index (χ3n) is 1.81. The van der Waals surface area contributed by atoms with Crippen molar-refractivity contribution >= 4 is 10.0 Å². The van der Waals surface area contributed by atoms with E-state index in [0.29, 0.717) is 6.42 Å². The summed E-state index contributed by atoms with van der Waals surface area (Å²) < 4.78 is 27.0. The van der Waals surface area contributed by atoms with Crippen molar-refractivity contribution in [3.63, 3.8) is 0 Å². The van der Waals surface area contributed by atoms with E-state index in [2.05, 4.69) is 9.71 Å². The van der Waals surface area contributed by atoms with Crippen LogP contribution in [0.5, 0.6) is 0 Å². The van der Waals surface area contributed by atoms with Gasteiger partial charge in [0.05, 0.1) is 12.4 Å². The van der Waals surface area contributed by atoms with Crippen molar-refractivity contribution in [1.29, 1.82) is 0 Å². The van der Waals surface area contributed by atoms with Crippen LogP contribution in [0, 0.1) is 0 Å². The Morgan fingerprint density at radius 1 is 1.67 bits per heavy atom. The number of rotatable bonds is 5. The van der Waals surface area contributed by atoms with Crippen molar-refractivity contribution in [2.24, 2.45) is 7.05 Å². The largest absolute Gasteiger partial charge is 0.393 e. The van der Waals surface area contributed by atoms with Crippen molar-refractivity contribution in [2.75, 3.05) is 6.54 Å². The fourth-order valence-electron chi connectivity index (χ4n) is 1.00. The minimum absolute atomic E-state index is 0.00408. The molecule has 0 fully saturated rings. The maximum atomic E-state index is 11.6. The highest BCUT2D eigenvalue weighted by molar-refractivity contribution is 7.89. The van der Waals surface area contributed by atoms with Gasteiger partial charge in [0.25, 0.3) is 10.0 Å². The van der Waals surface area contributed by atoms with Crippen LogP contribution in [0.1, 0.15) is 13.3 Å². The predicted octanol–water partition coefficient (Wildman–Crippen LogP) is -0.531. The highest BCUT2D eigenvalue weighted by Crippen LogP contribution is 2.03. The van der Waals surface area contributed by atoms with Crippen LogP contribution in [-0.2, 0) is 17.1 Å². The number of imidazole rings is 1. The molecule has 0 aliphatic heterocycles. The van der Waals surface area contributed by atoms with Crippen LogP contribution in [0.15, 0.2) is 17.6 Å². The second kappa shape index (κ2) is 4.73. The van der Waals surface area contributed by atoms with E-state index < -0.39 is 16.1 Å². The second-order valence-electron chi connectivity index (χ2n) is 3.41. The lowest BCUT2D eigenvalue weighted by atomic mass is 10.3. The van der Waals surface area contributed by atoms with Crippen LogP contribution >= 0.6 is 0 Å². The number of aliphatic hydroxyl groups is 1. The molecule has 0 aliphatic carbocycles. The lowest BCUT2D eigenvalue weighted by molar-refractivity contribution is 0.186. The number of hydrogen-bond acceptors (Lipinski definition) is 4. The molecule has 0 amide bonds. The average Bonchev–Trinajstić information content (AvgIpc) is 2.51. The zero-order valence-electron chi connectivity index (χ0n) is 8.71. The quantitative estimate of drug-likeness (QED) is 0.716. The maximum Gasteiger partial charge on any atom is 0.259 e. The summed E-state index contributed by atoms with van der Waals surface area (Å²) in [4.78, 5) is 3.74. The van der Waals surface area contributed by atoms with E-state index in [-0.39, 0.29) is 11.6 Å². The fourth-order valence-corrected chi connectivity index (χ4v) is 2.03. The molecule has 0 saturated heterocycles. The molecule has 7 heteroatoms. The van der Waals surface area contributed by atoms with E-state index in [9.17, 15) is 8.42 Å². The molecule has 15 heavy (non-hydrogen) atoms. The average molecular weight is 233 g/mol. The molecule has 86 valence electrons. The van der Waals surface area contributed by atoms with Crippen LogP contribution in [0.3, 0.4) is 0 Å². The number of aliphatic hydroxyl groups excluding tert-OH is 1. The number of aryl methyl sites for hydroxylation is 1. The van der Waals surface area contributed by atoms with Gasteiger partial charge in [0.15, 0.2) is 5.03 Å². The first kappa shape index (κ1) is 12.2. The summed E-state index contributed by atoms with van der Waals surface area (Å²) >= 11 is 0. The maximum absolute atomic E-state index is 11.6. The molecule has 6 nitrogen and oxygen atoms in total. The number of nitrogens with one attached hydrogen (secondary N) is 1. The Bertz CT molecular complexity index is 411. The summed E-state index contributed by atoms with van der Waals surface area (Å²) in [6.45, 7) is 1.81. The first-order valence-corrected chi connectivity index (χ1v) is 6.06. The number of nitrogens with zero attached hydrogens (tertiary/aromatic N) is 2. The smallest absolute Gasteiger partial charge is 0.259 e. The third kappa shape index (κ3) is 3.61. The summed E-state index contributed by atoms with van der Waals surface area (Å²) in [5.41, 5.74) is 0. The van der Waals surface area contributed by atoms with Gasteiger partial charge in [0.2, 0.25) is 0 Å². The molecule has 0 saturated carbocycles. The molecule has 0 spiro atoms. The van der Waals surface area contributed by atoms with Crippen LogP contribution in [0.2, 0.25) is 0 Å². The van der Waals surface area contributed by atoms with Crippen LogP contribution < -0.4 is 4.72 Å². The number of hydrogen-bond donors (Lipinski definition) is 2. The zero-order valence-corrected chi connectivity index (χ0v) is 9.53. The van der Waals surface area contributed by atoms with Gasteiger partial charge >= 0.3 is 0 Å².